The number of amides is 1. The fraction of sp³-hybridized carbons (Fsp3) is 0.0909. The van der Waals surface area contributed by atoms with Crippen LogP contribution in [-0.4, -0.2) is 25.1 Å². The molecule has 1 N–H and O–H groups in total. The summed E-state index contributed by atoms with van der Waals surface area (Å²) in [4.78, 5) is 23.7. The van der Waals surface area contributed by atoms with Gasteiger partial charge in [0.1, 0.15) is 5.75 Å². The van der Waals surface area contributed by atoms with Crippen molar-refractivity contribution in [2.45, 2.75) is 0 Å². The SMILES string of the molecule is O=C(COC(=O)COc1ccccc1-c1ccccc1)Nc1ccccc1. The Kier molecular flexibility index (Phi) is 6.20. The van der Waals surface area contributed by atoms with Crippen molar-refractivity contribution in [2.24, 2.45) is 0 Å². The lowest BCUT2D eigenvalue weighted by atomic mass is 10.1. The van der Waals surface area contributed by atoms with Crippen LogP contribution in [0.3, 0.4) is 0 Å². The molecule has 27 heavy (non-hydrogen) atoms. The van der Waals surface area contributed by atoms with Crippen LogP contribution < -0.4 is 10.1 Å². The van der Waals surface area contributed by atoms with Crippen molar-refractivity contribution >= 4 is 17.6 Å². The molecule has 0 aliphatic rings. The first-order chi connectivity index (χ1) is 13.2. The Bertz CT molecular complexity index is 894. The summed E-state index contributed by atoms with van der Waals surface area (Å²) < 4.78 is 10.6. The van der Waals surface area contributed by atoms with Gasteiger partial charge >= 0.3 is 5.97 Å². The maximum atomic E-state index is 11.9. The Morgan fingerprint density at radius 3 is 2.11 bits per heavy atom. The highest BCUT2D eigenvalue weighted by atomic mass is 16.6. The number of rotatable bonds is 7. The van der Waals surface area contributed by atoms with Crippen LogP contribution in [0.15, 0.2) is 84.9 Å². The van der Waals surface area contributed by atoms with E-state index in [1.54, 1.807) is 30.3 Å². The first-order valence-electron chi connectivity index (χ1n) is 8.50. The van der Waals surface area contributed by atoms with E-state index in [9.17, 15) is 9.59 Å². The number of benzene rings is 3. The van der Waals surface area contributed by atoms with Crippen LogP contribution in [0.25, 0.3) is 11.1 Å². The first kappa shape index (κ1) is 18.2. The van der Waals surface area contributed by atoms with Gasteiger partial charge in [-0.2, -0.15) is 0 Å². The number of esters is 1. The van der Waals surface area contributed by atoms with Crippen molar-refractivity contribution in [3.05, 3.63) is 84.9 Å². The highest BCUT2D eigenvalue weighted by Gasteiger charge is 2.11. The number of hydrogen-bond donors (Lipinski definition) is 1. The topological polar surface area (TPSA) is 64.6 Å². The number of carbonyl (C=O) groups excluding carboxylic acids is 2. The highest BCUT2D eigenvalue weighted by molar-refractivity contribution is 5.92. The van der Waals surface area contributed by atoms with E-state index in [2.05, 4.69) is 5.32 Å². The Morgan fingerprint density at radius 1 is 0.741 bits per heavy atom. The molecule has 0 aliphatic heterocycles. The number of carbonyl (C=O) groups is 2. The summed E-state index contributed by atoms with van der Waals surface area (Å²) in [6.07, 6.45) is 0. The van der Waals surface area contributed by atoms with Crippen molar-refractivity contribution in [2.75, 3.05) is 18.5 Å². The summed E-state index contributed by atoms with van der Waals surface area (Å²) >= 11 is 0. The maximum Gasteiger partial charge on any atom is 0.344 e. The number of nitrogens with one attached hydrogen (secondary N) is 1. The number of anilines is 1. The van der Waals surface area contributed by atoms with Crippen molar-refractivity contribution < 1.29 is 19.1 Å². The van der Waals surface area contributed by atoms with E-state index in [1.165, 1.54) is 0 Å². The van der Waals surface area contributed by atoms with Gasteiger partial charge in [-0.3, -0.25) is 4.79 Å². The summed E-state index contributed by atoms with van der Waals surface area (Å²) in [5.41, 5.74) is 2.52. The molecule has 0 saturated carbocycles. The predicted molar refractivity (Wildman–Crippen MR) is 103 cm³/mol. The van der Waals surface area contributed by atoms with Crippen LogP contribution >= 0.6 is 0 Å². The van der Waals surface area contributed by atoms with Gasteiger partial charge in [-0.1, -0.05) is 66.7 Å². The smallest absolute Gasteiger partial charge is 0.344 e. The fourth-order valence-corrected chi connectivity index (χ4v) is 2.49. The average molecular weight is 361 g/mol. The molecule has 5 heteroatoms. The third-order valence-corrected chi connectivity index (χ3v) is 3.74. The Morgan fingerprint density at radius 2 is 1.37 bits per heavy atom. The molecule has 0 bridgehead atoms. The zero-order valence-corrected chi connectivity index (χ0v) is 14.6. The van der Waals surface area contributed by atoms with Crippen LogP contribution in [0.5, 0.6) is 5.75 Å². The molecule has 0 atom stereocenters. The molecular weight excluding hydrogens is 342 g/mol. The molecule has 0 fully saturated rings. The molecule has 3 aromatic rings. The zero-order chi connectivity index (χ0) is 18.9. The van der Waals surface area contributed by atoms with Gasteiger partial charge in [0.25, 0.3) is 5.91 Å². The minimum Gasteiger partial charge on any atom is -0.481 e. The molecular formula is C22H19NO4. The molecule has 136 valence electrons. The Balaban J connectivity index is 1.51. The number of ether oxygens (including phenoxy) is 2. The largest absolute Gasteiger partial charge is 0.481 e. The lowest BCUT2D eigenvalue weighted by molar-refractivity contribution is -0.149. The summed E-state index contributed by atoms with van der Waals surface area (Å²) in [6.45, 7) is -0.639. The van der Waals surface area contributed by atoms with Gasteiger partial charge in [-0.05, 0) is 23.8 Å². The van der Waals surface area contributed by atoms with E-state index in [0.717, 1.165) is 11.1 Å². The van der Waals surface area contributed by atoms with Gasteiger partial charge in [0.15, 0.2) is 13.2 Å². The van der Waals surface area contributed by atoms with Crippen LogP contribution in [0.4, 0.5) is 5.69 Å². The van der Waals surface area contributed by atoms with Crippen molar-refractivity contribution in [3.63, 3.8) is 0 Å². The van der Waals surface area contributed by atoms with Crippen LogP contribution in [-0.2, 0) is 14.3 Å². The van der Waals surface area contributed by atoms with Gasteiger partial charge in [0.05, 0.1) is 0 Å². The van der Waals surface area contributed by atoms with E-state index >= 15 is 0 Å². The third kappa shape index (κ3) is 5.44. The standard InChI is InChI=1S/C22H19NO4/c24-21(23-18-11-5-2-6-12-18)15-27-22(25)16-26-20-14-8-7-13-19(20)17-9-3-1-4-10-17/h1-14H,15-16H2,(H,23,24). The predicted octanol–water partition coefficient (Wildman–Crippen LogP) is 3.91. The molecule has 0 aliphatic carbocycles. The summed E-state index contributed by atoms with van der Waals surface area (Å²) in [7, 11) is 0. The van der Waals surface area contributed by atoms with Crippen LogP contribution in [0.2, 0.25) is 0 Å². The van der Waals surface area contributed by atoms with Gasteiger partial charge < -0.3 is 14.8 Å². The summed E-state index contributed by atoms with van der Waals surface area (Å²) in [5, 5.41) is 2.64. The maximum absolute atomic E-state index is 11.9. The van der Waals surface area contributed by atoms with E-state index in [-0.39, 0.29) is 13.2 Å². The lowest BCUT2D eigenvalue weighted by Crippen LogP contribution is -2.23. The lowest BCUT2D eigenvalue weighted by Gasteiger charge is -2.11. The second-order valence-electron chi connectivity index (χ2n) is 5.73. The first-order valence-corrected chi connectivity index (χ1v) is 8.50. The minimum atomic E-state index is -0.610. The second-order valence-corrected chi connectivity index (χ2v) is 5.73. The van der Waals surface area contributed by atoms with E-state index < -0.39 is 11.9 Å². The van der Waals surface area contributed by atoms with Crippen molar-refractivity contribution in [1.82, 2.24) is 0 Å². The molecule has 0 radical (unpaired) electrons. The molecule has 0 saturated heterocycles. The normalized spacial score (nSPS) is 10.1. The van der Waals surface area contributed by atoms with Crippen molar-refractivity contribution in [3.8, 4) is 16.9 Å². The summed E-state index contributed by atoms with van der Waals surface area (Å²) in [6, 6.07) is 26.2. The minimum absolute atomic E-state index is 0.275. The molecule has 0 aromatic heterocycles. The molecule has 0 spiro atoms. The molecule has 1 amide bonds. The quantitative estimate of drug-likeness (QED) is 0.648. The molecule has 5 nitrogen and oxygen atoms in total. The molecule has 3 rings (SSSR count). The third-order valence-electron chi connectivity index (χ3n) is 3.74. The van der Waals surface area contributed by atoms with Gasteiger partial charge in [-0.25, -0.2) is 4.79 Å². The van der Waals surface area contributed by atoms with E-state index in [1.807, 2.05) is 54.6 Å². The Labute approximate surface area is 157 Å². The Hall–Kier alpha value is -3.60. The van der Waals surface area contributed by atoms with Crippen LogP contribution in [0.1, 0.15) is 0 Å². The number of hydrogen-bond acceptors (Lipinski definition) is 4. The van der Waals surface area contributed by atoms with Gasteiger partial charge in [-0.15, -0.1) is 0 Å². The van der Waals surface area contributed by atoms with E-state index in [4.69, 9.17) is 9.47 Å². The zero-order valence-electron chi connectivity index (χ0n) is 14.6. The monoisotopic (exact) mass is 361 g/mol. The second kappa shape index (κ2) is 9.20. The van der Waals surface area contributed by atoms with E-state index in [0.29, 0.717) is 11.4 Å². The van der Waals surface area contributed by atoms with Gasteiger partial charge in [0, 0.05) is 11.3 Å². The number of para-hydroxylation sites is 2. The highest BCUT2D eigenvalue weighted by Crippen LogP contribution is 2.29. The molecule has 0 heterocycles. The average Bonchev–Trinajstić information content (AvgIpc) is 2.72. The van der Waals surface area contributed by atoms with Gasteiger partial charge in [0.2, 0.25) is 0 Å². The van der Waals surface area contributed by atoms with Crippen LogP contribution in [0, 0.1) is 0 Å². The molecule has 3 aromatic carbocycles. The molecule has 0 unspecified atom stereocenters. The van der Waals surface area contributed by atoms with Crippen molar-refractivity contribution in [1.29, 1.82) is 0 Å². The summed E-state index contributed by atoms with van der Waals surface area (Å²) in [5.74, 6) is -0.435. The fourth-order valence-electron chi connectivity index (χ4n) is 2.49.